The summed E-state index contributed by atoms with van der Waals surface area (Å²) in [7, 11) is 0. The van der Waals surface area contributed by atoms with Crippen LogP contribution in [0.4, 0.5) is 0 Å². The van der Waals surface area contributed by atoms with Crippen molar-refractivity contribution in [1.82, 2.24) is 15.4 Å². The summed E-state index contributed by atoms with van der Waals surface area (Å²) in [5.41, 5.74) is 1.74. The van der Waals surface area contributed by atoms with E-state index in [9.17, 15) is 0 Å². The minimum Gasteiger partial charge on any atom is -0.457 e. The zero-order chi connectivity index (χ0) is 17.0. The maximum Gasteiger partial charge on any atom is 0.200 e. The fourth-order valence-corrected chi connectivity index (χ4v) is 2.90. The molecule has 0 radical (unpaired) electrons. The summed E-state index contributed by atoms with van der Waals surface area (Å²) >= 11 is 0. The Labute approximate surface area is 145 Å². The number of para-hydroxylation sites is 1. The molecule has 1 saturated heterocycles. The fourth-order valence-electron chi connectivity index (χ4n) is 2.90. The Hall–Kier alpha value is -2.70. The van der Waals surface area contributed by atoms with Crippen LogP contribution in [0.15, 0.2) is 60.8 Å². The second-order valence-electron chi connectivity index (χ2n) is 5.88. The standard InChI is InChI=1S/C19H19N3O3/c1-2-5-17(6-3-1)25-18-9-7-15(8-10-18)19(23-11-4-12-24-19)13-16-14-20-22-21-16/h1-3,5-10,14H,4,11-13H2,(H,20,21,22). The quantitative estimate of drug-likeness (QED) is 0.772. The first kappa shape index (κ1) is 15.8. The summed E-state index contributed by atoms with van der Waals surface area (Å²) < 4.78 is 17.9. The predicted molar refractivity (Wildman–Crippen MR) is 91.2 cm³/mol. The topological polar surface area (TPSA) is 69.3 Å². The number of ether oxygens (including phenoxy) is 3. The largest absolute Gasteiger partial charge is 0.457 e. The molecule has 128 valence electrons. The minimum atomic E-state index is -0.833. The lowest BCUT2D eigenvalue weighted by molar-refractivity contribution is -0.276. The van der Waals surface area contributed by atoms with Gasteiger partial charge in [0, 0.05) is 11.8 Å². The van der Waals surface area contributed by atoms with Crippen molar-refractivity contribution in [3.8, 4) is 11.5 Å². The van der Waals surface area contributed by atoms with Gasteiger partial charge in [-0.05, 0) is 42.8 Å². The normalized spacial score (nSPS) is 16.5. The molecular formula is C19H19N3O3. The molecule has 1 fully saturated rings. The Morgan fingerprint density at radius 1 is 0.960 bits per heavy atom. The Morgan fingerprint density at radius 2 is 1.68 bits per heavy atom. The first-order chi connectivity index (χ1) is 12.3. The lowest BCUT2D eigenvalue weighted by atomic mass is 9.99. The summed E-state index contributed by atoms with van der Waals surface area (Å²) in [5, 5.41) is 10.6. The number of aromatic nitrogens is 3. The third-order valence-corrected chi connectivity index (χ3v) is 4.11. The Bertz CT molecular complexity index is 783. The van der Waals surface area contributed by atoms with Crippen LogP contribution >= 0.6 is 0 Å². The summed E-state index contributed by atoms with van der Waals surface area (Å²) in [6.45, 7) is 1.31. The highest BCUT2D eigenvalue weighted by Gasteiger charge is 2.37. The third kappa shape index (κ3) is 3.55. The average molecular weight is 337 g/mol. The van der Waals surface area contributed by atoms with E-state index in [1.807, 2.05) is 54.6 Å². The minimum absolute atomic E-state index is 0.502. The van der Waals surface area contributed by atoms with Crippen molar-refractivity contribution < 1.29 is 14.2 Å². The van der Waals surface area contributed by atoms with Gasteiger partial charge in [-0.3, -0.25) is 5.10 Å². The molecule has 0 amide bonds. The van der Waals surface area contributed by atoms with E-state index < -0.39 is 5.79 Å². The van der Waals surface area contributed by atoms with Gasteiger partial charge in [0.15, 0.2) is 0 Å². The van der Waals surface area contributed by atoms with E-state index in [1.165, 1.54) is 0 Å². The van der Waals surface area contributed by atoms with E-state index in [1.54, 1.807) is 6.20 Å². The summed E-state index contributed by atoms with van der Waals surface area (Å²) in [5.74, 6) is 0.737. The molecule has 3 aromatic rings. The van der Waals surface area contributed by atoms with Crippen LogP contribution in [0.5, 0.6) is 11.5 Å². The molecule has 1 N–H and O–H groups in total. The van der Waals surface area contributed by atoms with E-state index in [2.05, 4.69) is 15.4 Å². The van der Waals surface area contributed by atoms with Crippen LogP contribution in [0, 0.1) is 0 Å². The van der Waals surface area contributed by atoms with Crippen LogP contribution < -0.4 is 4.74 Å². The van der Waals surface area contributed by atoms with Gasteiger partial charge >= 0.3 is 0 Å². The second kappa shape index (κ2) is 7.04. The maximum absolute atomic E-state index is 6.04. The van der Waals surface area contributed by atoms with Crippen LogP contribution in [-0.4, -0.2) is 28.6 Å². The van der Waals surface area contributed by atoms with Crippen molar-refractivity contribution in [3.63, 3.8) is 0 Å². The highest BCUT2D eigenvalue weighted by atomic mass is 16.7. The van der Waals surface area contributed by atoms with E-state index in [-0.39, 0.29) is 0 Å². The molecule has 0 bridgehead atoms. The van der Waals surface area contributed by atoms with Crippen LogP contribution in [0.1, 0.15) is 17.7 Å². The lowest BCUT2D eigenvalue weighted by Gasteiger charge is -2.37. The van der Waals surface area contributed by atoms with Crippen molar-refractivity contribution in [3.05, 3.63) is 72.1 Å². The van der Waals surface area contributed by atoms with Crippen LogP contribution in [0.2, 0.25) is 0 Å². The number of hydrogen-bond acceptors (Lipinski definition) is 5. The Kier molecular flexibility index (Phi) is 4.45. The summed E-state index contributed by atoms with van der Waals surface area (Å²) in [6.07, 6.45) is 3.15. The highest BCUT2D eigenvalue weighted by molar-refractivity contribution is 5.35. The number of aromatic amines is 1. The SMILES string of the molecule is c1ccc(Oc2ccc(C3(Cc4c[nH]nn4)OCCCO3)cc2)cc1. The lowest BCUT2D eigenvalue weighted by Crippen LogP contribution is -2.40. The summed E-state index contributed by atoms with van der Waals surface area (Å²) in [6, 6.07) is 17.5. The van der Waals surface area contributed by atoms with E-state index in [0.29, 0.717) is 19.6 Å². The number of rotatable bonds is 5. The number of nitrogens with one attached hydrogen (secondary N) is 1. The number of H-pyrrole nitrogens is 1. The van der Waals surface area contributed by atoms with Crippen LogP contribution in [-0.2, 0) is 21.7 Å². The fraction of sp³-hybridized carbons (Fsp3) is 0.263. The first-order valence-electron chi connectivity index (χ1n) is 8.31. The zero-order valence-corrected chi connectivity index (χ0v) is 13.7. The van der Waals surface area contributed by atoms with Crippen molar-refractivity contribution >= 4 is 0 Å². The third-order valence-electron chi connectivity index (χ3n) is 4.11. The van der Waals surface area contributed by atoms with Crippen molar-refractivity contribution in [2.75, 3.05) is 13.2 Å². The van der Waals surface area contributed by atoms with E-state index >= 15 is 0 Å². The van der Waals surface area contributed by atoms with Gasteiger partial charge in [0.1, 0.15) is 11.5 Å². The van der Waals surface area contributed by atoms with Gasteiger partial charge in [-0.15, -0.1) is 5.10 Å². The van der Waals surface area contributed by atoms with Gasteiger partial charge in [0.05, 0.1) is 25.3 Å². The molecule has 2 aromatic carbocycles. The zero-order valence-electron chi connectivity index (χ0n) is 13.7. The molecule has 2 heterocycles. The first-order valence-corrected chi connectivity index (χ1v) is 8.31. The molecule has 4 rings (SSSR count). The second-order valence-corrected chi connectivity index (χ2v) is 5.88. The van der Waals surface area contributed by atoms with Gasteiger partial charge in [-0.2, -0.15) is 0 Å². The summed E-state index contributed by atoms with van der Waals surface area (Å²) in [4.78, 5) is 0. The van der Waals surface area contributed by atoms with Gasteiger partial charge in [-0.25, -0.2) is 0 Å². The van der Waals surface area contributed by atoms with Gasteiger partial charge in [-0.1, -0.05) is 23.4 Å². The molecule has 0 spiro atoms. The molecule has 25 heavy (non-hydrogen) atoms. The maximum atomic E-state index is 6.04. The van der Waals surface area contributed by atoms with E-state index in [4.69, 9.17) is 14.2 Å². The highest BCUT2D eigenvalue weighted by Crippen LogP contribution is 2.35. The van der Waals surface area contributed by atoms with Gasteiger partial charge in [0.25, 0.3) is 0 Å². The average Bonchev–Trinajstić information content (AvgIpc) is 3.17. The molecule has 1 aliphatic heterocycles. The van der Waals surface area contributed by atoms with Crippen molar-refractivity contribution in [2.45, 2.75) is 18.6 Å². The molecule has 1 aliphatic rings. The predicted octanol–water partition coefficient (Wildman–Crippen LogP) is 3.43. The van der Waals surface area contributed by atoms with Crippen LogP contribution in [0.3, 0.4) is 0 Å². The molecular weight excluding hydrogens is 318 g/mol. The monoisotopic (exact) mass is 337 g/mol. The molecule has 0 unspecified atom stereocenters. The molecule has 6 nitrogen and oxygen atoms in total. The Morgan fingerprint density at radius 3 is 2.36 bits per heavy atom. The number of nitrogens with zero attached hydrogens (tertiary/aromatic N) is 2. The molecule has 1 aromatic heterocycles. The number of hydrogen-bond donors (Lipinski definition) is 1. The van der Waals surface area contributed by atoms with Crippen molar-refractivity contribution in [1.29, 1.82) is 0 Å². The van der Waals surface area contributed by atoms with Crippen molar-refractivity contribution in [2.24, 2.45) is 0 Å². The van der Waals surface area contributed by atoms with E-state index in [0.717, 1.165) is 29.2 Å². The molecule has 6 heteroatoms. The molecule has 0 aliphatic carbocycles. The van der Waals surface area contributed by atoms with Gasteiger partial charge < -0.3 is 14.2 Å². The molecule has 0 saturated carbocycles. The Balaban J connectivity index is 1.57. The number of benzene rings is 2. The van der Waals surface area contributed by atoms with Gasteiger partial charge in [0.2, 0.25) is 5.79 Å². The smallest absolute Gasteiger partial charge is 0.200 e. The van der Waals surface area contributed by atoms with Crippen LogP contribution in [0.25, 0.3) is 0 Å². The molecule has 0 atom stereocenters.